The Labute approximate surface area is 117 Å². The molecule has 0 saturated carbocycles. The van der Waals surface area contributed by atoms with E-state index in [0.29, 0.717) is 24.0 Å². The van der Waals surface area contributed by atoms with E-state index >= 15 is 0 Å². The maximum atomic E-state index is 10.8. The number of carbonyl (C=O) groups is 1. The van der Waals surface area contributed by atoms with Crippen molar-refractivity contribution in [3.05, 3.63) is 22.8 Å². The highest BCUT2D eigenvalue weighted by molar-refractivity contribution is 6.33. The van der Waals surface area contributed by atoms with Crippen LogP contribution in [0.15, 0.2) is 12.3 Å². The number of aromatic nitrogens is 1. The molecule has 1 heterocycles. The monoisotopic (exact) mass is 286 g/mol. The van der Waals surface area contributed by atoms with E-state index in [4.69, 9.17) is 21.4 Å². The summed E-state index contributed by atoms with van der Waals surface area (Å²) in [6.45, 7) is 5.58. The van der Waals surface area contributed by atoms with E-state index in [0.717, 1.165) is 6.42 Å². The fraction of sp³-hybridized carbons (Fsp3) is 0.538. The number of hydrogen-bond acceptors (Lipinski definition) is 4. The second-order valence-electron chi connectivity index (χ2n) is 5.12. The Morgan fingerprint density at radius 3 is 2.79 bits per heavy atom. The molecule has 0 spiro atoms. The van der Waals surface area contributed by atoms with Gasteiger partial charge in [0.15, 0.2) is 0 Å². The lowest BCUT2D eigenvalue weighted by molar-refractivity contribution is 0.0696. The molecule has 5 nitrogen and oxygen atoms in total. The van der Waals surface area contributed by atoms with E-state index in [-0.39, 0.29) is 11.0 Å². The number of methoxy groups -OCH3 is 1. The molecule has 1 rings (SSSR count). The average Bonchev–Trinajstić information content (AvgIpc) is 2.35. The van der Waals surface area contributed by atoms with Crippen molar-refractivity contribution in [1.82, 2.24) is 4.98 Å². The van der Waals surface area contributed by atoms with Crippen molar-refractivity contribution >= 4 is 23.4 Å². The maximum Gasteiger partial charge on any atom is 0.337 e. The second-order valence-corrected chi connectivity index (χ2v) is 5.53. The van der Waals surface area contributed by atoms with Crippen molar-refractivity contribution in [2.24, 2.45) is 5.41 Å². The lowest BCUT2D eigenvalue weighted by Crippen LogP contribution is -2.25. The van der Waals surface area contributed by atoms with Gasteiger partial charge in [-0.1, -0.05) is 25.4 Å². The van der Waals surface area contributed by atoms with Crippen LogP contribution in [0.5, 0.6) is 0 Å². The van der Waals surface area contributed by atoms with E-state index in [1.807, 2.05) is 0 Å². The van der Waals surface area contributed by atoms with Gasteiger partial charge in [0.1, 0.15) is 5.82 Å². The summed E-state index contributed by atoms with van der Waals surface area (Å²) < 4.78 is 5.06. The minimum Gasteiger partial charge on any atom is -0.478 e. The molecule has 0 unspecified atom stereocenters. The zero-order chi connectivity index (χ0) is 14.5. The van der Waals surface area contributed by atoms with Gasteiger partial charge < -0.3 is 15.2 Å². The third-order valence-corrected chi connectivity index (χ3v) is 3.09. The van der Waals surface area contributed by atoms with Crippen molar-refractivity contribution in [2.45, 2.75) is 20.3 Å². The van der Waals surface area contributed by atoms with Gasteiger partial charge in [0.25, 0.3) is 0 Å². The van der Waals surface area contributed by atoms with E-state index in [1.165, 1.54) is 12.3 Å². The number of anilines is 1. The molecular formula is C13H19ClN2O3. The lowest BCUT2D eigenvalue weighted by Gasteiger charge is -2.25. The SMILES string of the molecule is COCCC(C)(C)CNc1ncc(C(=O)O)cc1Cl. The molecular weight excluding hydrogens is 268 g/mol. The van der Waals surface area contributed by atoms with Gasteiger partial charge >= 0.3 is 5.97 Å². The van der Waals surface area contributed by atoms with Gasteiger partial charge in [-0.25, -0.2) is 9.78 Å². The van der Waals surface area contributed by atoms with Crippen molar-refractivity contribution in [1.29, 1.82) is 0 Å². The van der Waals surface area contributed by atoms with Crippen LogP contribution in [0.1, 0.15) is 30.6 Å². The molecule has 2 N–H and O–H groups in total. The van der Waals surface area contributed by atoms with Crippen LogP contribution in [0.25, 0.3) is 0 Å². The van der Waals surface area contributed by atoms with Gasteiger partial charge in [-0.3, -0.25) is 0 Å². The summed E-state index contributed by atoms with van der Waals surface area (Å²) in [4.78, 5) is 14.8. The Bertz CT molecular complexity index is 450. The van der Waals surface area contributed by atoms with E-state index in [9.17, 15) is 4.79 Å². The molecule has 0 fully saturated rings. The van der Waals surface area contributed by atoms with Crippen molar-refractivity contribution < 1.29 is 14.6 Å². The first-order valence-corrected chi connectivity index (χ1v) is 6.35. The molecule has 6 heteroatoms. The molecule has 0 bridgehead atoms. The number of nitrogens with zero attached hydrogens (tertiary/aromatic N) is 1. The number of aromatic carboxylic acids is 1. The lowest BCUT2D eigenvalue weighted by atomic mass is 9.90. The molecule has 1 aromatic rings. The molecule has 0 aliphatic carbocycles. The third-order valence-electron chi connectivity index (χ3n) is 2.81. The zero-order valence-corrected chi connectivity index (χ0v) is 12.1. The van der Waals surface area contributed by atoms with Crippen LogP contribution in [0.4, 0.5) is 5.82 Å². The first-order valence-electron chi connectivity index (χ1n) is 5.97. The first-order chi connectivity index (χ1) is 8.85. The summed E-state index contributed by atoms with van der Waals surface area (Å²) in [6, 6.07) is 1.39. The molecule has 0 atom stereocenters. The van der Waals surface area contributed by atoms with E-state index < -0.39 is 5.97 Å². The van der Waals surface area contributed by atoms with Gasteiger partial charge in [0.2, 0.25) is 0 Å². The molecule has 1 aromatic heterocycles. The van der Waals surface area contributed by atoms with Gasteiger partial charge in [-0.15, -0.1) is 0 Å². The number of hydrogen-bond donors (Lipinski definition) is 2. The van der Waals surface area contributed by atoms with E-state index in [2.05, 4.69) is 24.1 Å². The molecule has 0 aliphatic heterocycles. The Morgan fingerprint density at radius 1 is 1.58 bits per heavy atom. The summed E-state index contributed by atoms with van der Waals surface area (Å²) in [5, 5.41) is 12.3. The standard InChI is InChI=1S/C13H19ClN2O3/c1-13(2,4-5-19-3)8-16-11-10(14)6-9(7-15-11)12(17)18/h6-7H,4-5,8H2,1-3H3,(H,15,16)(H,17,18). The largest absolute Gasteiger partial charge is 0.478 e. The number of nitrogens with one attached hydrogen (secondary N) is 1. The fourth-order valence-electron chi connectivity index (χ4n) is 1.47. The van der Waals surface area contributed by atoms with Gasteiger partial charge in [-0.2, -0.15) is 0 Å². The van der Waals surface area contributed by atoms with Gasteiger partial charge in [0.05, 0.1) is 10.6 Å². The summed E-state index contributed by atoms with van der Waals surface area (Å²) in [5.41, 5.74) is 0.112. The Morgan fingerprint density at radius 2 is 2.26 bits per heavy atom. The smallest absolute Gasteiger partial charge is 0.337 e. The predicted molar refractivity (Wildman–Crippen MR) is 75.0 cm³/mol. The Balaban J connectivity index is 2.65. The molecule has 19 heavy (non-hydrogen) atoms. The average molecular weight is 287 g/mol. The Kier molecular flexibility index (Phi) is 5.57. The number of rotatable bonds is 7. The Hall–Kier alpha value is -1.33. The summed E-state index contributed by atoms with van der Waals surface area (Å²) in [5.74, 6) is -0.543. The molecule has 0 saturated heterocycles. The molecule has 0 aromatic carbocycles. The van der Waals surface area contributed by atoms with Gasteiger partial charge in [-0.05, 0) is 17.9 Å². The van der Waals surface area contributed by atoms with Crippen LogP contribution >= 0.6 is 11.6 Å². The normalized spacial score (nSPS) is 11.4. The fourth-order valence-corrected chi connectivity index (χ4v) is 1.71. The molecule has 0 aliphatic rings. The van der Waals surface area contributed by atoms with Crippen molar-refractivity contribution in [3.8, 4) is 0 Å². The van der Waals surface area contributed by atoms with E-state index in [1.54, 1.807) is 7.11 Å². The number of halogens is 1. The molecule has 0 radical (unpaired) electrons. The van der Waals surface area contributed by atoms with Crippen molar-refractivity contribution in [3.63, 3.8) is 0 Å². The van der Waals surface area contributed by atoms with Crippen LogP contribution < -0.4 is 5.32 Å². The number of carboxylic acid groups (broad SMARTS) is 1. The number of pyridine rings is 1. The highest BCUT2D eigenvalue weighted by Gasteiger charge is 2.18. The van der Waals surface area contributed by atoms with Crippen LogP contribution in [0, 0.1) is 5.41 Å². The van der Waals surface area contributed by atoms with Crippen LogP contribution in [0.3, 0.4) is 0 Å². The third kappa shape index (κ3) is 5.04. The van der Waals surface area contributed by atoms with Crippen LogP contribution in [-0.4, -0.2) is 36.3 Å². The number of carboxylic acids is 1. The van der Waals surface area contributed by atoms with Gasteiger partial charge in [0, 0.05) is 26.5 Å². The summed E-state index contributed by atoms with van der Waals surface area (Å²) in [7, 11) is 1.67. The second kappa shape index (κ2) is 6.73. The predicted octanol–water partition coefficient (Wildman–Crippen LogP) is 2.91. The van der Waals surface area contributed by atoms with Crippen LogP contribution in [0.2, 0.25) is 5.02 Å². The highest BCUT2D eigenvalue weighted by atomic mass is 35.5. The van der Waals surface area contributed by atoms with Crippen molar-refractivity contribution in [2.75, 3.05) is 25.6 Å². The van der Waals surface area contributed by atoms with Crippen LogP contribution in [-0.2, 0) is 4.74 Å². The number of ether oxygens (including phenoxy) is 1. The molecule has 106 valence electrons. The first kappa shape index (κ1) is 15.7. The summed E-state index contributed by atoms with van der Waals surface area (Å²) in [6.07, 6.45) is 2.19. The zero-order valence-electron chi connectivity index (χ0n) is 11.4. The minimum absolute atomic E-state index is 0.0342. The topological polar surface area (TPSA) is 71.5 Å². The molecule has 0 amide bonds. The quantitative estimate of drug-likeness (QED) is 0.806. The minimum atomic E-state index is -1.04. The maximum absolute atomic E-state index is 10.8. The summed E-state index contributed by atoms with van der Waals surface area (Å²) >= 11 is 5.99. The highest BCUT2D eigenvalue weighted by Crippen LogP contribution is 2.24.